The Morgan fingerprint density at radius 2 is 2.35 bits per heavy atom. The number of halogens is 2. The lowest BCUT2D eigenvalue weighted by atomic mass is 10.1. The van der Waals surface area contributed by atoms with Crippen LogP contribution in [0.2, 0.25) is 0 Å². The molecule has 1 atom stereocenters. The van der Waals surface area contributed by atoms with Crippen molar-refractivity contribution in [1.82, 2.24) is 15.0 Å². The molecular formula is C14H15ClFN3O. The summed E-state index contributed by atoms with van der Waals surface area (Å²) in [5.41, 5.74) is 1.85. The van der Waals surface area contributed by atoms with Crippen molar-refractivity contribution in [3.63, 3.8) is 0 Å². The average Bonchev–Trinajstić information content (AvgIpc) is 3.02. The first-order valence-corrected chi connectivity index (χ1v) is 7.18. The Hall–Kier alpha value is -1.62. The quantitative estimate of drug-likeness (QED) is 0.796. The van der Waals surface area contributed by atoms with Gasteiger partial charge in [0.05, 0.1) is 12.2 Å². The molecule has 2 heterocycles. The molecule has 0 spiro atoms. The number of nitrogens with zero attached hydrogens (tertiary/aromatic N) is 3. The normalized spacial score (nSPS) is 17.0. The Morgan fingerprint density at radius 1 is 1.45 bits per heavy atom. The molecule has 1 unspecified atom stereocenters. The average molecular weight is 296 g/mol. The molecule has 0 fully saturated rings. The van der Waals surface area contributed by atoms with Crippen LogP contribution in [0.25, 0.3) is 0 Å². The van der Waals surface area contributed by atoms with Gasteiger partial charge < -0.3 is 4.74 Å². The van der Waals surface area contributed by atoms with Crippen molar-refractivity contribution in [1.29, 1.82) is 0 Å². The first-order valence-electron chi connectivity index (χ1n) is 6.64. The summed E-state index contributed by atoms with van der Waals surface area (Å²) in [4.78, 5) is 0. The highest BCUT2D eigenvalue weighted by atomic mass is 35.5. The van der Waals surface area contributed by atoms with E-state index in [1.807, 2.05) is 6.20 Å². The summed E-state index contributed by atoms with van der Waals surface area (Å²) in [7, 11) is 0. The third kappa shape index (κ3) is 2.93. The zero-order valence-electron chi connectivity index (χ0n) is 10.9. The molecule has 0 saturated heterocycles. The zero-order valence-corrected chi connectivity index (χ0v) is 11.7. The van der Waals surface area contributed by atoms with Crippen molar-refractivity contribution in [2.45, 2.75) is 31.9 Å². The van der Waals surface area contributed by atoms with E-state index in [4.69, 9.17) is 16.3 Å². The molecule has 1 aliphatic rings. The monoisotopic (exact) mass is 295 g/mol. The lowest BCUT2D eigenvalue weighted by molar-refractivity contribution is 0.202. The third-order valence-electron chi connectivity index (χ3n) is 3.31. The maximum Gasteiger partial charge on any atom is 0.123 e. The minimum atomic E-state index is -0.225. The summed E-state index contributed by atoms with van der Waals surface area (Å²) in [5, 5.41) is 8.18. The van der Waals surface area contributed by atoms with E-state index in [9.17, 15) is 4.39 Å². The molecule has 20 heavy (non-hydrogen) atoms. The predicted octanol–water partition coefficient (Wildman–Crippen LogP) is 2.59. The van der Waals surface area contributed by atoms with Gasteiger partial charge in [0.15, 0.2) is 0 Å². The van der Waals surface area contributed by atoms with Gasteiger partial charge in [0.2, 0.25) is 0 Å². The number of fused-ring (bicyclic) bond motifs is 1. The molecule has 3 rings (SSSR count). The highest BCUT2D eigenvalue weighted by Crippen LogP contribution is 2.29. The first kappa shape index (κ1) is 13.4. The molecule has 0 aliphatic carbocycles. The van der Waals surface area contributed by atoms with Crippen LogP contribution in [0.3, 0.4) is 0 Å². The summed E-state index contributed by atoms with van der Waals surface area (Å²) in [6.45, 7) is 0.615. The van der Waals surface area contributed by atoms with Crippen LogP contribution in [-0.2, 0) is 19.4 Å². The van der Waals surface area contributed by atoms with Gasteiger partial charge in [-0.2, -0.15) is 0 Å². The summed E-state index contributed by atoms with van der Waals surface area (Å²) < 4.78 is 20.7. The number of aryl methyl sites for hydroxylation is 1. The van der Waals surface area contributed by atoms with Crippen LogP contribution in [0.4, 0.5) is 4.39 Å². The van der Waals surface area contributed by atoms with Crippen molar-refractivity contribution in [2.75, 3.05) is 5.88 Å². The zero-order chi connectivity index (χ0) is 13.9. The van der Waals surface area contributed by atoms with E-state index in [-0.39, 0.29) is 11.9 Å². The molecule has 1 aromatic carbocycles. The molecule has 0 radical (unpaired) electrons. The summed E-state index contributed by atoms with van der Waals surface area (Å²) in [5.74, 6) is 1.16. The largest absolute Gasteiger partial charge is 0.488 e. The van der Waals surface area contributed by atoms with Crippen LogP contribution in [0.5, 0.6) is 5.75 Å². The standard InChI is InChI=1S/C14H15ClFN3O/c15-5-1-2-12-8-19(18-17-12)9-13-7-10-6-11(16)3-4-14(10)20-13/h3-4,6,8,13H,1-2,5,7,9H2. The van der Waals surface area contributed by atoms with Crippen LogP contribution in [0.15, 0.2) is 24.4 Å². The van der Waals surface area contributed by atoms with Crippen molar-refractivity contribution < 1.29 is 9.13 Å². The van der Waals surface area contributed by atoms with E-state index in [1.165, 1.54) is 12.1 Å². The Labute approximate surface area is 121 Å². The van der Waals surface area contributed by atoms with Crippen LogP contribution < -0.4 is 4.74 Å². The molecule has 4 nitrogen and oxygen atoms in total. The third-order valence-corrected chi connectivity index (χ3v) is 3.57. The highest BCUT2D eigenvalue weighted by Gasteiger charge is 2.24. The molecule has 0 amide bonds. The Morgan fingerprint density at radius 3 is 3.20 bits per heavy atom. The second-order valence-corrected chi connectivity index (χ2v) is 5.30. The van der Waals surface area contributed by atoms with E-state index < -0.39 is 0 Å². The topological polar surface area (TPSA) is 39.9 Å². The van der Waals surface area contributed by atoms with Crippen molar-refractivity contribution in [3.8, 4) is 5.75 Å². The van der Waals surface area contributed by atoms with Crippen LogP contribution >= 0.6 is 11.6 Å². The van der Waals surface area contributed by atoms with Crippen molar-refractivity contribution >= 4 is 11.6 Å². The van der Waals surface area contributed by atoms with Gasteiger partial charge in [-0.3, -0.25) is 0 Å². The molecule has 1 aliphatic heterocycles. The second kappa shape index (κ2) is 5.79. The Kier molecular flexibility index (Phi) is 3.87. The van der Waals surface area contributed by atoms with Crippen LogP contribution in [-0.4, -0.2) is 27.0 Å². The summed E-state index contributed by atoms with van der Waals surface area (Å²) in [6.07, 6.45) is 4.32. The number of ether oxygens (including phenoxy) is 1. The number of alkyl halides is 1. The maximum atomic E-state index is 13.1. The fraction of sp³-hybridized carbons (Fsp3) is 0.429. The van der Waals surface area contributed by atoms with Gasteiger partial charge in [0, 0.05) is 24.1 Å². The number of hydrogen-bond acceptors (Lipinski definition) is 3. The highest BCUT2D eigenvalue weighted by molar-refractivity contribution is 6.17. The number of rotatable bonds is 5. The molecular weight excluding hydrogens is 281 g/mol. The van der Waals surface area contributed by atoms with Gasteiger partial charge in [-0.25, -0.2) is 9.07 Å². The summed E-state index contributed by atoms with van der Waals surface area (Å²) in [6, 6.07) is 4.63. The second-order valence-electron chi connectivity index (χ2n) is 4.92. The van der Waals surface area contributed by atoms with E-state index in [2.05, 4.69) is 10.3 Å². The predicted molar refractivity (Wildman–Crippen MR) is 73.6 cm³/mol. The van der Waals surface area contributed by atoms with E-state index in [1.54, 1.807) is 10.7 Å². The lowest BCUT2D eigenvalue weighted by Gasteiger charge is -2.09. The fourth-order valence-corrected chi connectivity index (χ4v) is 2.52. The maximum absolute atomic E-state index is 13.1. The SMILES string of the molecule is Fc1ccc2c(c1)CC(Cn1cc(CCCCl)nn1)O2. The Bertz CT molecular complexity index is 602. The van der Waals surface area contributed by atoms with Gasteiger partial charge in [-0.05, 0) is 31.0 Å². The van der Waals surface area contributed by atoms with Gasteiger partial charge >= 0.3 is 0 Å². The number of benzene rings is 1. The minimum Gasteiger partial charge on any atom is -0.488 e. The number of hydrogen-bond donors (Lipinski definition) is 0. The molecule has 2 aromatic rings. The lowest BCUT2D eigenvalue weighted by Crippen LogP contribution is -2.21. The number of aromatic nitrogens is 3. The smallest absolute Gasteiger partial charge is 0.123 e. The van der Waals surface area contributed by atoms with Gasteiger partial charge in [-0.1, -0.05) is 5.21 Å². The van der Waals surface area contributed by atoms with Crippen LogP contribution in [0.1, 0.15) is 17.7 Å². The molecule has 0 bridgehead atoms. The molecule has 6 heteroatoms. The van der Waals surface area contributed by atoms with E-state index in [0.29, 0.717) is 18.8 Å². The molecule has 0 N–H and O–H groups in total. The van der Waals surface area contributed by atoms with Gasteiger partial charge in [0.1, 0.15) is 17.7 Å². The van der Waals surface area contributed by atoms with Crippen LogP contribution in [0, 0.1) is 5.82 Å². The minimum absolute atomic E-state index is 0.0191. The Balaban J connectivity index is 1.61. The van der Waals surface area contributed by atoms with E-state index >= 15 is 0 Å². The molecule has 1 aromatic heterocycles. The van der Waals surface area contributed by atoms with Gasteiger partial charge in [0.25, 0.3) is 0 Å². The summed E-state index contributed by atoms with van der Waals surface area (Å²) >= 11 is 5.65. The molecule has 0 saturated carbocycles. The van der Waals surface area contributed by atoms with Gasteiger partial charge in [-0.15, -0.1) is 16.7 Å². The molecule has 106 valence electrons. The fourth-order valence-electron chi connectivity index (χ4n) is 2.39. The van der Waals surface area contributed by atoms with Crippen molar-refractivity contribution in [2.24, 2.45) is 0 Å². The first-order chi connectivity index (χ1) is 9.74. The van der Waals surface area contributed by atoms with E-state index in [0.717, 1.165) is 29.8 Å². The van der Waals surface area contributed by atoms with Crippen molar-refractivity contribution in [3.05, 3.63) is 41.5 Å².